The minimum absolute atomic E-state index is 0.136. The van der Waals surface area contributed by atoms with Crippen LogP contribution < -0.4 is 5.73 Å². The molecule has 1 aliphatic rings. The number of likely N-dealkylation sites (tertiary alicyclic amines) is 1. The second kappa shape index (κ2) is 7.41. The highest BCUT2D eigenvalue weighted by atomic mass is 16.3. The molecule has 0 saturated carbocycles. The number of carbonyl (C=O) groups is 1. The third-order valence-electron chi connectivity index (χ3n) is 4.14. The Labute approximate surface area is 120 Å². The molecule has 0 bridgehead atoms. The molecule has 110 valence electrons. The molecule has 1 aliphatic heterocycles. The number of piperidine rings is 1. The van der Waals surface area contributed by atoms with Gasteiger partial charge in [0.25, 0.3) is 0 Å². The van der Waals surface area contributed by atoms with Crippen LogP contribution in [0.15, 0.2) is 30.3 Å². The first-order valence-electron chi connectivity index (χ1n) is 7.38. The minimum atomic E-state index is -0.136. The number of hydrogen-bond donors (Lipinski definition) is 2. The number of amides is 1. The number of aliphatic hydroxyl groups is 1. The molecule has 1 amide bonds. The van der Waals surface area contributed by atoms with Crippen molar-refractivity contribution in [2.45, 2.75) is 19.3 Å². The first kappa shape index (κ1) is 15.0. The van der Waals surface area contributed by atoms with Crippen molar-refractivity contribution in [2.24, 2.45) is 17.6 Å². The highest BCUT2D eigenvalue weighted by molar-refractivity contribution is 5.79. The van der Waals surface area contributed by atoms with Crippen LogP contribution in [0.2, 0.25) is 0 Å². The molecule has 1 heterocycles. The van der Waals surface area contributed by atoms with Crippen LogP contribution in [0.1, 0.15) is 18.4 Å². The summed E-state index contributed by atoms with van der Waals surface area (Å²) in [5.41, 5.74) is 6.95. The zero-order valence-corrected chi connectivity index (χ0v) is 11.9. The maximum atomic E-state index is 12.5. The van der Waals surface area contributed by atoms with Crippen molar-refractivity contribution < 1.29 is 9.90 Å². The largest absolute Gasteiger partial charge is 0.396 e. The fraction of sp³-hybridized carbons (Fsp3) is 0.562. The van der Waals surface area contributed by atoms with Crippen LogP contribution in [0.25, 0.3) is 0 Å². The second-order valence-electron chi connectivity index (χ2n) is 5.57. The lowest BCUT2D eigenvalue weighted by Gasteiger charge is -2.33. The Morgan fingerprint density at radius 2 is 1.95 bits per heavy atom. The van der Waals surface area contributed by atoms with Gasteiger partial charge < -0.3 is 15.7 Å². The summed E-state index contributed by atoms with van der Waals surface area (Å²) in [6.45, 7) is 2.10. The van der Waals surface area contributed by atoms with Gasteiger partial charge in [-0.25, -0.2) is 0 Å². The van der Waals surface area contributed by atoms with E-state index in [1.54, 1.807) is 0 Å². The Morgan fingerprint density at radius 3 is 2.50 bits per heavy atom. The van der Waals surface area contributed by atoms with E-state index in [-0.39, 0.29) is 18.4 Å². The van der Waals surface area contributed by atoms with E-state index < -0.39 is 0 Å². The maximum absolute atomic E-state index is 12.5. The number of nitrogens with two attached hydrogens (primary N) is 1. The zero-order chi connectivity index (χ0) is 14.4. The molecular formula is C16H24N2O2. The fourth-order valence-corrected chi connectivity index (χ4v) is 2.76. The van der Waals surface area contributed by atoms with Crippen LogP contribution in [0.5, 0.6) is 0 Å². The van der Waals surface area contributed by atoms with Gasteiger partial charge in [0.1, 0.15) is 0 Å². The Bertz CT molecular complexity index is 414. The van der Waals surface area contributed by atoms with Crippen LogP contribution >= 0.6 is 0 Å². The number of nitrogens with zero attached hydrogens (tertiary/aromatic N) is 1. The molecule has 1 aromatic rings. The van der Waals surface area contributed by atoms with Gasteiger partial charge in [-0.05, 0) is 30.7 Å². The Kier molecular flexibility index (Phi) is 5.56. The van der Waals surface area contributed by atoms with Crippen LogP contribution in [0, 0.1) is 11.8 Å². The predicted octanol–water partition coefficient (Wildman–Crippen LogP) is 1.03. The van der Waals surface area contributed by atoms with Gasteiger partial charge in [-0.2, -0.15) is 0 Å². The molecular weight excluding hydrogens is 252 g/mol. The van der Waals surface area contributed by atoms with Gasteiger partial charge in [0, 0.05) is 26.2 Å². The molecule has 0 aliphatic carbocycles. The highest BCUT2D eigenvalue weighted by Crippen LogP contribution is 2.19. The Balaban J connectivity index is 1.92. The molecule has 1 aromatic carbocycles. The summed E-state index contributed by atoms with van der Waals surface area (Å²) >= 11 is 0. The van der Waals surface area contributed by atoms with Crippen LogP contribution in [0.3, 0.4) is 0 Å². The van der Waals surface area contributed by atoms with E-state index in [1.807, 2.05) is 35.2 Å². The van der Waals surface area contributed by atoms with E-state index in [1.165, 1.54) is 0 Å². The average Bonchev–Trinajstić information content (AvgIpc) is 2.53. The van der Waals surface area contributed by atoms with Crippen LogP contribution in [-0.2, 0) is 11.2 Å². The van der Waals surface area contributed by atoms with Gasteiger partial charge in [0.15, 0.2) is 0 Å². The van der Waals surface area contributed by atoms with Crippen molar-refractivity contribution in [3.05, 3.63) is 35.9 Å². The molecule has 1 unspecified atom stereocenters. The summed E-state index contributed by atoms with van der Waals surface area (Å²) in [4.78, 5) is 14.4. The SMILES string of the molecule is NCC(Cc1ccccc1)C(=O)N1CCC(CO)CC1. The van der Waals surface area contributed by atoms with Gasteiger partial charge in [0.05, 0.1) is 5.92 Å². The Hall–Kier alpha value is -1.39. The van der Waals surface area contributed by atoms with Gasteiger partial charge in [0.2, 0.25) is 5.91 Å². The molecule has 1 fully saturated rings. The molecule has 0 radical (unpaired) electrons. The van der Waals surface area contributed by atoms with Crippen LogP contribution in [0.4, 0.5) is 0 Å². The van der Waals surface area contributed by atoms with E-state index in [9.17, 15) is 4.79 Å². The normalized spacial score (nSPS) is 18.0. The molecule has 0 spiro atoms. The lowest BCUT2D eigenvalue weighted by atomic mass is 9.94. The lowest BCUT2D eigenvalue weighted by Crippen LogP contribution is -2.44. The summed E-state index contributed by atoms with van der Waals surface area (Å²) in [6.07, 6.45) is 2.49. The molecule has 20 heavy (non-hydrogen) atoms. The molecule has 1 saturated heterocycles. The standard InChI is InChI=1S/C16H24N2O2/c17-11-15(10-13-4-2-1-3-5-13)16(20)18-8-6-14(12-19)7-9-18/h1-5,14-15,19H,6-12,17H2. The van der Waals surface area contributed by atoms with Crippen molar-refractivity contribution >= 4 is 5.91 Å². The number of hydrogen-bond acceptors (Lipinski definition) is 3. The summed E-state index contributed by atoms with van der Waals surface area (Å²) in [5.74, 6) is 0.375. The average molecular weight is 276 g/mol. The fourth-order valence-electron chi connectivity index (χ4n) is 2.76. The third kappa shape index (κ3) is 3.81. The van der Waals surface area contributed by atoms with Crippen molar-refractivity contribution in [3.8, 4) is 0 Å². The zero-order valence-electron chi connectivity index (χ0n) is 11.9. The molecule has 3 N–H and O–H groups in total. The summed E-state index contributed by atoms with van der Waals surface area (Å²) in [7, 11) is 0. The molecule has 0 aromatic heterocycles. The van der Waals surface area contributed by atoms with Crippen molar-refractivity contribution in [3.63, 3.8) is 0 Å². The lowest BCUT2D eigenvalue weighted by molar-refractivity contribution is -0.136. The summed E-state index contributed by atoms with van der Waals surface area (Å²) < 4.78 is 0. The number of benzene rings is 1. The van der Waals surface area contributed by atoms with Gasteiger partial charge in [-0.1, -0.05) is 30.3 Å². The topological polar surface area (TPSA) is 66.6 Å². The van der Waals surface area contributed by atoms with Crippen LogP contribution in [-0.4, -0.2) is 42.2 Å². The minimum Gasteiger partial charge on any atom is -0.396 e. The molecule has 1 atom stereocenters. The number of rotatable bonds is 5. The summed E-state index contributed by atoms with van der Waals surface area (Å²) in [5, 5.41) is 9.14. The van der Waals surface area contributed by atoms with Crippen molar-refractivity contribution in [1.82, 2.24) is 4.90 Å². The predicted molar refractivity (Wildman–Crippen MR) is 79.1 cm³/mol. The van der Waals surface area contributed by atoms with E-state index in [4.69, 9.17) is 10.8 Å². The first-order valence-corrected chi connectivity index (χ1v) is 7.38. The molecule has 4 nitrogen and oxygen atoms in total. The van der Waals surface area contributed by atoms with E-state index in [0.717, 1.165) is 31.5 Å². The molecule has 2 rings (SSSR count). The highest BCUT2D eigenvalue weighted by Gasteiger charge is 2.27. The smallest absolute Gasteiger partial charge is 0.227 e. The first-order chi connectivity index (χ1) is 9.74. The van der Waals surface area contributed by atoms with Gasteiger partial charge >= 0.3 is 0 Å². The van der Waals surface area contributed by atoms with E-state index in [2.05, 4.69) is 0 Å². The van der Waals surface area contributed by atoms with Gasteiger partial charge in [-0.15, -0.1) is 0 Å². The van der Waals surface area contributed by atoms with Crippen molar-refractivity contribution in [2.75, 3.05) is 26.2 Å². The quantitative estimate of drug-likeness (QED) is 0.844. The van der Waals surface area contributed by atoms with Crippen molar-refractivity contribution in [1.29, 1.82) is 0 Å². The molecule has 4 heteroatoms. The van der Waals surface area contributed by atoms with Gasteiger partial charge in [-0.3, -0.25) is 4.79 Å². The second-order valence-corrected chi connectivity index (χ2v) is 5.57. The third-order valence-corrected chi connectivity index (χ3v) is 4.14. The van der Waals surface area contributed by atoms with E-state index in [0.29, 0.717) is 18.9 Å². The number of carbonyl (C=O) groups excluding carboxylic acids is 1. The summed E-state index contributed by atoms with van der Waals surface area (Å²) in [6, 6.07) is 10.0. The van der Waals surface area contributed by atoms with E-state index >= 15 is 0 Å². The monoisotopic (exact) mass is 276 g/mol. The number of aliphatic hydroxyl groups excluding tert-OH is 1. The Morgan fingerprint density at radius 1 is 1.30 bits per heavy atom. The maximum Gasteiger partial charge on any atom is 0.227 e.